The zero-order valence-corrected chi connectivity index (χ0v) is 16.4. The lowest BCUT2D eigenvalue weighted by Gasteiger charge is -2.19. The van der Waals surface area contributed by atoms with Crippen LogP contribution in [0.1, 0.15) is 11.1 Å². The van der Waals surface area contributed by atoms with E-state index in [0.29, 0.717) is 6.54 Å². The molecular weight excluding hydrogens is 366 g/mol. The van der Waals surface area contributed by atoms with E-state index < -0.39 is 0 Å². The second-order valence-electron chi connectivity index (χ2n) is 6.65. The molecule has 0 saturated carbocycles. The van der Waals surface area contributed by atoms with Gasteiger partial charge in [-0.25, -0.2) is 4.98 Å². The van der Waals surface area contributed by atoms with Crippen LogP contribution in [0, 0.1) is 6.92 Å². The fraction of sp³-hybridized carbons (Fsp3) is 0.130. The highest BCUT2D eigenvalue weighted by Crippen LogP contribution is 2.33. The number of nitrogens with zero attached hydrogens (tertiary/aromatic N) is 2. The van der Waals surface area contributed by atoms with E-state index in [1.54, 1.807) is 22.9 Å². The van der Waals surface area contributed by atoms with Gasteiger partial charge in [0.25, 0.3) is 0 Å². The predicted molar refractivity (Wildman–Crippen MR) is 115 cm³/mol. The molecule has 2 aromatic heterocycles. The van der Waals surface area contributed by atoms with Crippen molar-refractivity contribution in [1.29, 1.82) is 0 Å². The van der Waals surface area contributed by atoms with E-state index in [1.807, 2.05) is 30.5 Å². The van der Waals surface area contributed by atoms with E-state index in [4.69, 9.17) is 0 Å². The number of carbonyl (C=O) groups is 1. The van der Waals surface area contributed by atoms with Crippen LogP contribution in [0.3, 0.4) is 0 Å². The van der Waals surface area contributed by atoms with Crippen LogP contribution in [0.4, 0.5) is 5.69 Å². The lowest BCUT2D eigenvalue weighted by molar-refractivity contribution is -0.107. The molecule has 5 heteroatoms. The molecule has 2 heterocycles. The van der Waals surface area contributed by atoms with Gasteiger partial charge in [0.05, 0.1) is 5.69 Å². The summed E-state index contributed by atoms with van der Waals surface area (Å²) in [4.78, 5) is 22.5. The van der Waals surface area contributed by atoms with Gasteiger partial charge in [0.2, 0.25) is 6.41 Å². The molecule has 0 fully saturated rings. The molecular formula is C23H21N3OS. The van der Waals surface area contributed by atoms with Gasteiger partial charge >= 0.3 is 0 Å². The number of nitrogens with one attached hydrogen (secondary N) is 1. The van der Waals surface area contributed by atoms with Crippen LogP contribution in [-0.4, -0.2) is 22.9 Å². The molecule has 2 aromatic carbocycles. The molecule has 28 heavy (non-hydrogen) atoms. The summed E-state index contributed by atoms with van der Waals surface area (Å²) in [5.41, 5.74) is 4.38. The van der Waals surface area contributed by atoms with Gasteiger partial charge in [-0.15, -0.1) is 0 Å². The monoisotopic (exact) mass is 387 g/mol. The maximum atomic E-state index is 11.9. The van der Waals surface area contributed by atoms with Crippen LogP contribution < -0.4 is 4.90 Å². The van der Waals surface area contributed by atoms with Crippen LogP contribution in [0.5, 0.6) is 0 Å². The fourth-order valence-corrected chi connectivity index (χ4v) is 4.11. The molecule has 0 bridgehead atoms. The number of amides is 1. The number of pyridine rings is 1. The minimum Gasteiger partial charge on any atom is -0.361 e. The third kappa shape index (κ3) is 3.94. The smallest absolute Gasteiger partial charge is 0.214 e. The molecule has 1 amide bonds. The van der Waals surface area contributed by atoms with E-state index in [0.717, 1.165) is 34.0 Å². The molecule has 0 aliphatic rings. The maximum absolute atomic E-state index is 11.9. The Labute approximate surface area is 168 Å². The molecule has 1 N–H and O–H groups in total. The zero-order chi connectivity index (χ0) is 19.3. The van der Waals surface area contributed by atoms with Crippen LogP contribution in [-0.2, 0) is 11.2 Å². The van der Waals surface area contributed by atoms with Gasteiger partial charge in [-0.3, -0.25) is 4.79 Å². The van der Waals surface area contributed by atoms with Crippen molar-refractivity contribution in [3.63, 3.8) is 0 Å². The summed E-state index contributed by atoms with van der Waals surface area (Å²) in [6.07, 6.45) is 5.46. The van der Waals surface area contributed by atoms with Crippen molar-refractivity contribution in [2.24, 2.45) is 0 Å². The van der Waals surface area contributed by atoms with Crippen molar-refractivity contribution < 1.29 is 4.79 Å². The van der Waals surface area contributed by atoms with Crippen molar-refractivity contribution in [2.45, 2.75) is 23.3 Å². The van der Waals surface area contributed by atoms with Crippen LogP contribution in [0.15, 0.2) is 83.0 Å². The summed E-state index contributed by atoms with van der Waals surface area (Å²) >= 11 is 1.57. The first-order valence-electron chi connectivity index (χ1n) is 9.21. The number of hydrogen-bond donors (Lipinski definition) is 1. The number of aryl methyl sites for hydroxylation is 1. The highest BCUT2D eigenvalue weighted by Gasteiger charge is 2.14. The van der Waals surface area contributed by atoms with Crippen molar-refractivity contribution >= 4 is 34.8 Å². The minimum absolute atomic E-state index is 0.596. The van der Waals surface area contributed by atoms with Crippen LogP contribution >= 0.6 is 11.8 Å². The molecule has 0 radical (unpaired) electrons. The maximum Gasteiger partial charge on any atom is 0.214 e. The van der Waals surface area contributed by atoms with E-state index in [9.17, 15) is 4.79 Å². The standard InChI is InChI=1S/C23H21N3OS/c1-17-8-10-19(11-9-17)28-23-22(7-4-13-24-23)26(16-27)14-12-18-15-25-21-6-3-2-5-20(18)21/h2-11,13,15-16,25H,12,14H2,1H3. The largest absolute Gasteiger partial charge is 0.361 e. The number of H-pyrrole nitrogens is 1. The molecule has 0 aliphatic carbocycles. The topological polar surface area (TPSA) is 49.0 Å². The van der Waals surface area contributed by atoms with Crippen LogP contribution in [0.2, 0.25) is 0 Å². The highest BCUT2D eigenvalue weighted by molar-refractivity contribution is 7.99. The Morgan fingerprint density at radius 2 is 1.89 bits per heavy atom. The summed E-state index contributed by atoms with van der Waals surface area (Å²) in [5.74, 6) is 0. The van der Waals surface area contributed by atoms with Crippen molar-refractivity contribution in [2.75, 3.05) is 11.4 Å². The first kappa shape index (κ1) is 18.3. The number of aromatic amines is 1. The number of fused-ring (bicyclic) bond motifs is 1. The van der Waals surface area contributed by atoms with E-state index in [-0.39, 0.29) is 0 Å². The zero-order valence-electron chi connectivity index (χ0n) is 15.6. The first-order valence-corrected chi connectivity index (χ1v) is 10.0. The first-order chi connectivity index (χ1) is 13.7. The lowest BCUT2D eigenvalue weighted by atomic mass is 10.1. The number of hydrogen-bond acceptors (Lipinski definition) is 3. The van der Waals surface area contributed by atoms with Gasteiger partial charge < -0.3 is 9.88 Å². The predicted octanol–water partition coefficient (Wildman–Crippen LogP) is 5.23. The molecule has 0 unspecified atom stereocenters. The molecule has 0 atom stereocenters. The Bertz CT molecular complexity index is 1090. The van der Waals surface area contributed by atoms with Gasteiger partial charge in [-0.2, -0.15) is 0 Å². The number of anilines is 1. The summed E-state index contributed by atoms with van der Waals surface area (Å²) in [6.45, 7) is 2.66. The molecule has 4 rings (SSSR count). The average Bonchev–Trinajstić information content (AvgIpc) is 3.14. The number of carbonyl (C=O) groups excluding carboxylic acids is 1. The fourth-order valence-electron chi connectivity index (χ4n) is 3.21. The lowest BCUT2D eigenvalue weighted by Crippen LogP contribution is -2.24. The Kier molecular flexibility index (Phi) is 5.44. The van der Waals surface area contributed by atoms with Gasteiger partial charge in [-0.1, -0.05) is 47.7 Å². The second-order valence-corrected chi connectivity index (χ2v) is 7.71. The molecule has 0 aliphatic heterocycles. The number of benzene rings is 2. The second kappa shape index (κ2) is 8.31. The summed E-state index contributed by atoms with van der Waals surface area (Å²) in [6, 6.07) is 20.4. The minimum atomic E-state index is 0.596. The van der Waals surface area contributed by atoms with Gasteiger partial charge in [0.15, 0.2) is 0 Å². The van der Waals surface area contributed by atoms with Gasteiger partial charge in [0.1, 0.15) is 5.03 Å². The summed E-state index contributed by atoms with van der Waals surface area (Å²) < 4.78 is 0. The number of para-hydroxylation sites is 1. The van der Waals surface area contributed by atoms with Crippen LogP contribution in [0.25, 0.3) is 10.9 Å². The quantitative estimate of drug-likeness (QED) is 0.442. The molecule has 4 nitrogen and oxygen atoms in total. The Balaban J connectivity index is 1.54. The van der Waals surface area contributed by atoms with E-state index in [2.05, 4.69) is 53.3 Å². The van der Waals surface area contributed by atoms with Crippen molar-refractivity contribution in [3.05, 3.63) is 84.2 Å². The average molecular weight is 388 g/mol. The summed E-state index contributed by atoms with van der Waals surface area (Å²) in [7, 11) is 0. The Morgan fingerprint density at radius 1 is 1.07 bits per heavy atom. The normalized spacial score (nSPS) is 10.9. The van der Waals surface area contributed by atoms with Crippen molar-refractivity contribution in [3.8, 4) is 0 Å². The Hall–Kier alpha value is -3.05. The molecule has 140 valence electrons. The van der Waals surface area contributed by atoms with E-state index in [1.165, 1.54) is 16.5 Å². The molecule has 4 aromatic rings. The third-order valence-corrected chi connectivity index (χ3v) is 5.74. The van der Waals surface area contributed by atoms with E-state index >= 15 is 0 Å². The third-order valence-electron chi connectivity index (χ3n) is 4.72. The molecule has 0 saturated heterocycles. The highest BCUT2D eigenvalue weighted by atomic mass is 32.2. The SMILES string of the molecule is Cc1ccc(Sc2ncccc2N(C=O)CCc2c[nH]c3ccccc23)cc1. The molecule has 0 spiro atoms. The number of aromatic nitrogens is 2. The van der Waals surface area contributed by atoms with Crippen molar-refractivity contribution in [1.82, 2.24) is 9.97 Å². The van der Waals surface area contributed by atoms with Gasteiger partial charge in [0, 0.05) is 34.7 Å². The number of rotatable bonds is 7. The summed E-state index contributed by atoms with van der Waals surface area (Å²) in [5, 5.41) is 2.03. The van der Waals surface area contributed by atoms with Gasteiger partial charge in [-0.05, 0) is 49.2 Å². The Morgan fingerprint density at radius 3 is 2.71 bits per heavy atom.